The van der Waals surface area contributed by atoms with Gasteiger partial charge in [0.15, 0.2) is 0 Å². The Bertz CT molecular complexity index is 351. The van der Waals surface area contributed by atoms with Crippen molar-refractivity contribution in [1.82, 2.24) is 10.3 Å². The lowest BCUT2D eigenvalue weighted by Crippen LogP contribution is -2.39. The van der Waals surface area contributed by atoms with E-state index >= 15 is 0 Å². The molecule has 0 fully saturated rings. The molecule has 2 unspecified atom stereocenters. The molecule has 4 nitrogen and oxygen atoms in total. The van der Waals surface area contributed by atoms with E-state index in [0.717, 1.165) is 5.56 Å². The Morgan fingerprint density at radius 1 is 1.47 bits per heavy atom. The van der Waals surface area contributed by atoms with E-state index in [4.69, 9.17) is 5.73 Å². The molecule has 2 atom stereocenters. The summed E-state index contributed by atoms with van der Waals surface area (Å²) in [6.07, 6.45) is 3.48. The lowest BCUT2D eigenvalue weighted by atomic mass is 9.94. The van der Waals surface area contributed by atoms with Gasteiger partial charge in [0, 0.05) is 18.9 Å². The molecule has 1 amide bonds. The van der Waals surface area contributed by atoms with Gasteiger partial charge in [-0.05, 0) is 24.5 Å². The largest absolute Gasteiger partial charge is 0.349 e. The Balaban J connectivity index is 2.63. The molecule has 0 aliphatic rings. The molecule has 3 N–H and O–H groups in total. The molecule has 0 bridgehead atoms. The van der Waals surface area contributed by atoms with Crippen LogP contribution in [0, 0.1) is 11.8 Å². The number of carbonyl (C=O) groups excluding carboxylic acids is 1. The minimum Gasteiger partial charge on any atom is -0.349 e. The number of hydrogen-bond donors (Lipinski definition) is 2. The van der Waals surface area contributed by atoms with Crippen LogP contribution in [0.5, 0.6) is 0 Å². The van der Waals surface area contributed by atoms with Crippen molar-refractivity contribution in [3.05, 3.63) is 30.1 Å². The fourth-order valence-electron chi connectivity index (χ4n) is 1.72. The summed E-state index contributed by atoms with van der Waals surface area (Å²) in [6.45, 7) is 6.34. The normalized spacial score (nSPS) is 14.4. The van der Waals surface area contributed by atoms with Gasteiger partial charge in [0.05, 0.1) is 12.0 Å². The average Bonchev–Trinajstić information content (AvgIpc) is 2.30. The molecular formula is C13H21N3O. The number of amides is 1. The third-order valence-electron chi connectivity index (χ3n) is 2.94. The van der Waals surface area contributed by atoms with E-state index in [1.54, 1.807) is 12.4 Å². The van der Waals surface area contributed by atoms with E-state index in [9.17, 15) is 4.79 Å². The van der Waals surface area contributed by atoms with Crippen molar-refractivity contribution < 1.29 is 4.79 Å². The van der Waals surface area contributed by atoms with Crippen LogP contribution in [0.2, 0.25) is 0 Å². The zero-order chi connectivity index (χ0) is 12.8. The zero-order valence-corrected chi connectivity index (χ0v) is 10.7. The summed E-state index contributed by atoms with van der Waals surface area (Å²) in [5, 5.41) is 2.97. The molecule has 1 aromatic heterocycles. The van der Waals surface area contributed by atoms with E-state index in [2.05, 4.69) is 10.3 Å². The predicted molar refractivity (Wildman–Crippen MR) is 68.2 cm³/mol. The SMILES string of the molecule is CC(NC(=O)C(CN)C(C)C)c1cccnc1. The van der Waals surface area contributed by atoms with Crippen LogP contribution in [-0.4, -0.2) is 17.4 Å². The molecule has 1 heterocycles. The number of nitrogens with zero attached hydrogens (tertiary/aromatic N) is 1. The molecule has 0 aromatic carbocycles. The van der Waals surface area contributed by atoms with Crippen LogP contribution >= 0.6 is 0 Å². The second kappa shape index (κ2) is 6.35. The summed E-state index contributed by atoms with van der Waals surface area (Å²) in [5.41, 5.74) is 6.62. The fraction of sp³-hybridized carbons (Fsp3) is 0.538. The van der Waals surface area contributed by atoms with Gasteiger partial charge < -0.3 is 11.1 Å². The molecule has 17 heavy (non-hydrogen) atoms. The van der Waals surface area contributed by atoms with Gasteiger partial charge in [-0.25, -0.2) is 0 Å². The molecule has 1 aromatic rings. The first-order chi connectivity index (χ1) is 8.06. The molecule has 0 aliphatic heterocycles. The second-order valence-corrected chi connectivity index (χ2v) is 4.60. The molecular weight excluding hydrogens is 214 g/mol. The maximum Gasteiger partial charge on any atom is 0.225 e. The van der Waals surface area contributed by atoms with Gasteiger partial charge in [-0.2, -0.15) is 0 Å². The van der Waals surface area contributed by atoms with Crippen LogP contribution in [0.15, 0.2) is 24.5 Å². The van der Waals surface area contributed by atoms with Gasteiger partial charge in [0.25, 0.3) is 0 Å². The monoisotopic (exact) mass is 235 g/mol. The van der Waals surface area contributed by atoms with Gasteiger partial charge in [-0.1, -0.05) is 19.9 Å². The summed E-state index contributed by atoms with van der Waals surface area (Å²) in [5.74, 6) is 0.133. The number of rotatable bonds is 5. The van der Waals surface area contributed by atoms with Crippen molar-refractivity contribution in [2.75, 3.05) is 6.54 Å². The molecule has 0 saturated heterocycles. The Hall–Kier alpha value is -1.42. The lowest BCUT2D eigenvalue weighted by Gasteiger charge is -2.21. The predicted octanol–water partition coefficient (Wildman–Crippen LogP) is 1.49. The number of nitrogens with one attached hydrogen (secondary N) is 1. The first-order valence-corrected chi connectivity index (χ1v) is 5.96. The zero-order valence-electron chi connectivity index (χ0n) is 10.7. The summed E-state index contributed by atoms with van der Waals surface area (Å²) in [6, 6.07) is 3.77. The van der Waals surface area contributed by atoms with Crippen molar-refractivity contribution in [2.24, 2.45) is 17.6 Å². The van der Waals surface area contributed by atoms with Crippen molar-refractivity contribution in [3.63, 3.8) is 0 Å². The maximum absolute atomic E-state index is 12.0. The number of nitrogens with two attached hydrogens (primary N) is 1. The molecule has 0 spiro atoms. The minimum absolute atomic E-state index is 0.0128. The van der Waals surface area contributed by atoms with Crippen molar-refractivity contribution >= 4 is 5.91 Å². The smallest absolute Gasteiger partial charge is 0.225 e. The van der Waals surface area contributed by atoms with Crippen LogP contribution in [0.3, 0.4) is 0 Å². The Labute approximate surface area is 103 Å². The van der Waals surface area contributed by atoms with Crippen LogP contribution < -0.4 is 11.1 Å². The molecule has 94 valence electrons. The highest BCUT2D eigenvalue weighted by Gasteiger charge is 2.22. The van der Waals surface area contributed by atoms with Gasteiger partial charge >= 0.3 is 0 Å². The van der Waals surface area contributed by atoms with Gasteiger partial charge in [-0.15, -0.1) is 0 Å². The van der Waals surface area contributed by atoms with E-state index in [-0.39, 0.29) is 23.8 Å². The first kappa shape index (κ1) is 13.6. The highest BCUT2D eigenvalue weighted by atomic mass is 16.2. The van der Waals surface area contributed by atoms with Crippen LogP contribution in [0.1, 0.15) is 32.4 Å². The highest BCUT2D eigenvalue weighted by Crippen LogP contribution is 2.14. The maximum atomic E-state index is 12.0. The van der Waals surface area contributed by atoms with Crippen LogP contribution in [0.25, 0.3) is 0 Å². The quantitative estimate of drug-likeness (QED) is 0.812. The van der Waals surface area contributed by atoms with Crippen molar-refractivity contribution in [2.45, 2.75) is 26.8 Å². The van der Waals surface area contributed by atoms with E-state index < -0.39 is 0 Å². The summed E-state index contributed by atoms with van der Waals surface area (Å²) >= 11 is 0. The number of carbonyl (C=O) groups is 1. The summed E-state index contributed by atoms with van der Waals surface area (Å²) in [4.78, 5) is 16.0. The fourth-order valence-corrected chi connectivity index (χ4v) is 1.72. The molecule has 4 heteroatoms. The summed E-state index contributed by atoms with van der Waals surface area (Å²) in [7, 11) is 0. The van der Waals surface area contributed by atoms with Crippen molar-refractivity contribution in [1.29, 1.82) is 0 Å². The number of pyridine rings is 1. The molecule has 0 aliphatic carbocycles. The van der Waals surface area contributed by atoms with Crippen LogP contribution in [0.4, 0.5) is 0 Å². The Morgan fingerprint density at radius 2 is 2.18 bits per heavy atom. The molecule has 0 saturated carbocycles. The van der Waals surface area contributed by atoms with Crippen molar-refractivity contribution in [3.8, 4) is 0 Å². The highest BCUT2D eigenvalue weighted by molar-refractivity contribution is 5.79. The standard InChI is InChI=1S/C13H21N3O/c1-9(2)12(7-14)13(17)16-10(3)11-5-4-6-15-8-11/h4-6,8-10,12H,7,14H2,1-3H3,(H,16,17). The minimum atomic E-state index is -0.130. The summed E-state index contributed by atoms with van der Waals surface area (Å²) < 4.78 is 0. The number of aromatic nitrogens is 1. The first-order valence-electron chi connectivity index (χ1n) is 5.96. The van der Waals surface area contributed by atoms with Gasteiger partial charge in [-0.3, -0.25) is 9.78 Å². The molecule has 0 radical (unpaired) electrons. The topological polar surface area (TPSA) is 68.0 Å². The third kappa shape index (κ3) is 3.82. The number of hydrogen-bond acceptors (Lipinski definition) is 3. The van der Waals surface area contributed by atoms with E-state index in [1.807, 2.05) is 32.9 Å². The Morgan fingerprint density at radius 3 is 2.65 bits per heavy atom. The molecule has 1 rings (SSSR count). The third-order valence-corrected chi connectivity index (χ3v) is 2.94. The average molecular weight is 235 g/mol. The van der Waals surface area contributed by atoms with E-state index in [1.165, 1.54) is 0 Å². The lowest BCUT2D eigenvalue weighted by molar-refractivity contribution is -0.126. The van der Waals surface area contributed by atoms with E-state index in [0.29, 0.717) is 6.54 Å². The second-order valence-electron chi connectivity index (χ2n) is 4.60. The van der Waals surface area contributed by atoms with Crippen LogP contribution in [-0.2, 0) is 4.79 Å². The van der Waals surface area contributed by atoms with Gasteiger partial charge in [0.1, 0.15) is 0 Å². The van der Waals surface area contributed by atoms with Gasteiger partial charge in [0.2, 0.25) is 5.91 Å². The Kier molecular flexibility index (Phi) is 5.10.